The molecule has 3 aliphatic heterocycles. The molecule has 1 aromatic rings. The fourth-order valence-corrected chi connectivity index (χ4v) is 4.01. The highest BCUT2D eigenvalue weighted by molar-refractivity contribution is 9.10. The summed E-state index contributed by atoms with van der Waals surface area (Å²) in [5, 5.41) is 0. The molecule has 1 spiro atoms. The van der Waals surface area contributed by atoms with Crippen molar-refractivity contribution in [2.75, 3.05) is 18.6 Å². The van der Waals surface area contributed by atoms with Gasteiger partial charge in [-0.05, 0) is 24.3 Å². The fraction of sp³-hybridized carbons (Fsp3) is 0.375. The van der Waals surface area contributed by atoms with Gasteiger partial charge in [0.1, 0.15) is 11.5 Å². The predicted octanol–water partition coefficient (Wildman–Crippen LogP) is 1.91. The van der Waals surface area contributed by atoms with Gasteiger partial charge in [0.2, 0.25) is 5.91 Å². The molecular weight excluding hydrogens is 350 g/mol. The molecule has 0 aromatic heterocycles. The summed E-state index contributed by atoms with van der Waals surface area (Å²) in [5.41, 5.74) is 0.106. The average molecular weight is 364 g/mol. The topological polar surface area (TPSA) is 55.8 Å². The molecule has 0 N–H and O–H groups in total. The zero-order chi connectivity index (χ0) is 15.5. The summed E-state index contributed by atoms with van der Waals surface area (Å²) in [6.07, 6.45) is 3.45. The Bertz CT molecular complexity index is 686. The lowest BCUT2D eigenvalue weighted by atomic mass is 9.77. The largest absolute Gasteiger partial charge is 0.469 e. The van der Waals surface area contributed by atoms with Crippen molar-refractivity contribution in [1.82, 2.24) is 0 Å². The van der Waals surface area contributed by atoms with E-state index in [1.54, 1.807) is 4.90 Å². The zero-order valence-electron chi connectivity index (χ0n) is 11.9. The van der Waals surface area contributed by atoms with E-state index in [9.17, 15) is 9.59 Å². The van der Waals surface area contributed by atoms with Crippen molar-refractivity contribution in [3.8, 4) is 0 Å². The number of anilines is 1. The van der Waals surface area contributed by atoms with Crippen molar-refractivity contribution in [2.24, 2.45) is 11.8 Å². The minimum atomic E-state index is -0.701. The van der Waals surface area contributed by atoms with Crippen LogP contribution in [0.1, 0.15) is 0 Å². The van der Waals surface area contributed by atoms with Crippen LogP contribution in [0.25, 0.3) is 0 Å². The standard InChI is InChI=1S/C16H14BrNO4/c1-21-15(20)12-11-6-7-16(22-11)8-18(14(19)13(12)16)10-4-2-9(17)3-5-10/h2-7,11-13H,8H2,1H3/t11-,12-,13-,16+/m0/s1. The van der Waals surface area contributed by atoms with Gasteiger partial charge >= 0.3 is 5.97 Å². The van der Waals surface area contributed by atoms with Gasteiger partial charge in [-0.2, -0.15) is 0 Å². The third kappa shape index (κ3) is 1.74. The summed E-state index contributed by atoms with van der Waals surface area (Å²) in [7, 11) is 1.34. The van der Waals surface area contributed by atoms with Crippen molar-refractivity contribution >= 4 is 33.5 Å². The summed E-state index contributed by atoms with van der Waals surface area (Å²) < 4.78 is 11.8. The van der Waals surface area contributed by atoms with Gasteiger partial charge in [0.15, 0.2) is 0 Å². The maximum atomic E-state index is 12.9. The minimum Gasteiger partial charge on any atom is -0.469 e. The molecule has 3 aliphatic rings. The van der Waals surface area contributed by atoms with Gasteiger partial charge in [-0.3, -0.25) is 9.59 Å². The van der Waals surface area contributed by atoms with Gasteiger partial charge in [-0.1, -0.05) is 28.1 Å². The van der Waals surface area contributed by atoms with Crippen LogP contribution in [0.2, 0.25) is 0 Å². The van der Waals surface area contributed by atoms with Gasteiger partial charge in [-0.15, -0.1) is 0 Å². The van der Waals surface area contributed by atoms with E-state index in [2.05, 4.69) is 15.9 Å². The molecule has 4 rings (SSSR count). The fourth-order valence-electron chi connectivity index (χ4n) is 3.74. The normalized spacial score (nSPS) is 35.1. The van der Waals surface area contributed by atoms with Crippen LogP contribution in [-0.4, -0.2) is 37.2 Å². The molecule has 1 aromatic carbocycles. The number of benzene rings is 1. The quantitative estimate of drug-likeness (QED) is 0.594. The van der Waals surface area contributed by atoms with Gasteiger partial charge < -0.3 is 14.4 Å². The molecule has 6 heteroatoms. The molecule has 5 nitrogen and oxygen atoms in total. The van der Waals surface area contributed by atoms with Gasteiger partial charge in [-0.25, -0.2) is 0 Å². The maximum absolute atomic E-state index is 12.9. The molecule has 0 saturated carbocycles. The van der Waals surface area contributed by atoms with Crippen LogP contribution < -0.4 is 4.90 Å². The lowest BCUT2D eigenvalue weighted by Crippen LogP contribution is -2.39. The second kappa shape index (κ2) is 4.67. The number of ether oxygens (including phenoxy) is 2. The Kier molecular flexibility index (Phi) is 2.96. The van der Waals surface area contributed by atoms with Gasteiger partial charge in [0.05, 0.1) is 25.7 Å². The number of rotatable bonds is 2. The first kappa shape index (κ1) is 14.0. The lowest BCUT2D eigenvalue weighted by Gasteiger charge is -2.22. The number of hydrogen-bond acceptors (Lipinski definition) is 4. The van der Waals surface area contributed by atoms with Crippen molar-refractivity contribution in [3.63, 3.8) is 0 Å². The number of hydrogen-bond donors (Lipinski definition) is 0. The predicted molar refractivity (Wildman–Crippen MR) is 82.2 cm³/mol. The smallest absolute Gasteiger partial charge is 0.312 e. The molecule has 4 atom stereocenters. The molecule has 114 valence electrons. The molecular formula is C16H14BrNO4. The van der Waals surface area contributed by atoms with Crippen LogP contribution in [0.3, 0.4) is 0 Å². The number of fused-ring (bicyclic) bond motifs is 1. The summed E-state index contributed by atoms with van der Waals surface area (Å²) in [5.74, 6) is -1.52. The number of carbonyl (C=O) groups excluding carboxylic acids is 2. The van der Waals surface area contributed by atoms with E-state index in [1.165, 1.54) is 7.11 Å². The molecule has 2 fully saturated rings. The molecule has 2 bridgehead atoms. The van der Waals surface area contributed by atoms with Crippen LogP contribution in [0.5, 0.6) is 0 Å². The van der Waals surface area contributed by atoms with Crippen LogP contribution in [0.4, 0.5) is 5.69 Å². The van der Waals surface area contributed by atoms with Crippen molar-refractivity contribution in [2.45, 2.75) is 11.7 Å². The van der Waals surface area contributed by atoms with E-state index in [4.69, 9.17) is 9.47 Å². The van der Waals surface area contributed by atoms with E-state index < -0.39 is 17.4 Å². The summed E-state index contributed by atoms with van der Waals surface area (Å²) >= 11 is 3.39. The summed E-state index contributed by atoms with van der Waals surface area (Å²) in [6, 6.07) is 7.53. The van der Waals surface area contributed by atoms with Crippen LogP contribution in [0, 0.1) is 11.8 Å². The summed E-state index contributed by atoms with van der Waals surface area (Å²) in [6.45, 7) is 0.429. The van der Waals surface area contributed by atoms with E-state index in [0.29, 0.717) is 6.54 Å². The van der Waals surface area contributed by atoms with Crippen molar-refractivity contribution in [3.05, 3.63) is 40.9 Å². The second-order valence-corrected chi connectivity index (χ2v) is 6.74. The van der Waals surface area contributed by atoms with E-state index in [-0.39, 0.29) is 18.0 Å². The third-order valence-corrected chi connectivity index (χ3v) is 5.24. The highest BCUT2D eigenvalue weighted by Crippen LogP contribution is 2.52. The van der Waals surface area contributed by atoms with E-state index in [0.717, 1.165) is 10.2 Å². The second-order valence-electron chi connectivity index (χ2n) is 5.82. The molecule has 0 unspecified atom stereocenters. The number of carbonyl (C=O) groups is 2. The number of esters is 1. The van der Waals surface area contributed by atoms with Gasteiger partial charge in [0.25, 0.3) is 0 Å². The minimum absolute atomic E-state index is 0.0791. The average Bonchev–Trinajstić information content (AvgIpc) is 3.16. The van der Waals surface area contributed by atoms with Crippen molar-refractivity contribution in [1.29, 1.82) is 0 Å². The van der Waals surface area contributed by atoms with Crippen LogP contribution >= 0.6 is 15.9 Å². The molecule has 0 aliphatic carbocycles. The first-order valence-corrected chi connectivity index (χ1v) is 7.87. The monoisotopic (exact) mass is 363 g/mol. The Morgan fingerprint density at radius 1 is 1.41 bits per heavy atom. The molecule has 2 saturated heterocycles. The number of amides is 1. The Morgan fingerprint density at radius 2 is 2.14 bits per heavy atom. The Hall–Kier alpha value is -1.66. The lowest BCUT2D eigenvalue weighted by molar-refractivity contribution is -0.149. The van der Waals surface area contributed by atoms with E-state index >= 15 is 0 Å². The summed E-state index contributed by atoms with van der Waals surface area (Å²) in [4.78, 5) is 26.6. The molecule has 1 amide bonds. The highest BCUT2D eigenvalue weighted by atomic mass is 79.9. The van der Waals surface area contributed by atoms with E-state index in [1.807, 2.05) is 36.4 Å². The first-order valence-electron chi connectivity index (χ1n) is 7.08. The number of methoxy groups -OCH3 is 1. The highest BCUT2D eigenvalue weighted by Gasteiger charge is 2.67. The molecule has 22 heavy (non-hydrogen) atoms. The Labute approximate surface area is 136 Å². The van der Waals surface area contributed by atoms with Crippen LogP contribution in [0.15, 0.2) is 40.9 Å². The Balaban J connectivity index is 1.71. The number of halogens is 1. The maximum Gasteiger partial charge on any atom is 0.312 e. The van der Waals surface area contributed by atoms with Crippen molar-refractivity contribution < 1.29 is 19.1 Å². The molecule has 3 heterocycles. The Morgan fingerprint density at radius 3 is 2.82 bits per heavy atom. The number of nitrogens with zero attached hydrogens (tertiary/aromatic N) is 1. The zero-order valence-corrected chi connectivity index (χ0v) is 13.4. The SMILES string of the molecule is COC(=O)[C@H]1[C@@H]2C=C[C@]3(CN(c4ccc(Br)cc4)C(=O)[C@H]13)O2. The first-order chi connectivity index (χ1) is 10.6. The van der Waals surface area contributed by atoms with Crippen LogP contribution in [-0.2, 0) is 19.1 Å². The third-order valence-electron chi connectivity index (χ3n) is 4.71. The van der Waals surface area contributed by atoms with Gasteiger partial charge in [0, 0.05) is 10.2 Å². The molecule has 0 radical (unpaired) electrons.